The first kappa shape index (κ1) is 21.8. The van der Waals surface area contributed by atoms with E-state index >= 15 is 0 Å². The second kappa shape index (κ2) is 8.72. The normalized spacial score (nSPS) is 15.0. The van der Waals surface area contributed by atoms with Gasteiger partial charge in [0.25, 0.3) is 0 Å². The number of imidazole rings is 1. The van der Waals surface area contributed by atoms with E-state index in [4.69, 9.17) is 4.98 Å². The zero-order valence-corrected chi connectivity index (χ0v) is 19.1. The molecule has 1 N–H and O–H groups in total. The Kier molecular flexibility index (Phi) is 5.59. The monoisotopic (exact) mass is 455 g/mol. The van der Waals surface area contributed by atoms with Gasteiger partial charge in [0.2, 0.25) is 5.91 Å². The third kappa shape index (κ3) is 3.93. The van der Waals surface area contributed by atoms with Gasteiger partial charge in [0.1, 0.15) is 18.2 Å². The van der Waals surface area contributed by atoms with Gasteiger partial charge in [-0.15, -0.1) is 0 Å². The van der Waals surface area contributed by atoms with Crippen LogP contribution < -0.4 is 0 Å². The molecule has 172 valence electrons. The molecule has 0 saturated carbocycles. The van der Waals surface area contributed by atoms with Gasteiger partial charge in [-0.3, -0.25) is 9.36 Å². The number of piperidine rings is 1. The molecular weight excluding hydrogens is 430 g/mol. The number of fused-ring (bicyclic) bond motifs is 1. The lowest BCUT2D eigenvalue weighted by Gasteiger charge is -2.26. The average Bonchev–Trinajstić information content (AvgIpc) is 3.43. The fraction of sp³-hybridized carbons (Fsp3) is 0.320. The summed E-state index contributed by atoms with van der Waals surface area (Å²) in [5.41, 5.74) is 4.38. The summed E-state index contributed by atoms with van der Waals surface area (Å²) in [6.07, 6.45) is 3.59. The van der Waals surface area contributed by atoms with Crippen LogP contribution in [0, 0.1) is 18.3 Å². The van der Waals surface area contributed by atoms with E-state index < -0.39 is 6.10 Å². The van der Waals surface area contributed by atoms with Crippen LogP contribution in [-0.2, 0) is 11.3 Å². The Hall–Kier alpha value is -4.03. The number of nitrogens with zero attached hydrogens (tertiary/aromatic N) is 7. The van der Waals surface area contributed by atoms with Crippen molar-refractivity contribution < 1.29 is 9.90 Å². The second-order valence-corrected chi connectivity index (χ2v) is 8.66. The average molecular weight is 456 g/mol. The highest BCUT2D eigenvalue weighted by molar-refractivity contribution is 5.79. The fourth-order valence-electron chi connectivity index (χ4n) is 4.41. The summed E-state index contributed by atoms with van der Waals surface area (Å²) in [6, 6.07) is 13.4. The Morgan fingerprint density at radius 1 is 1.21 bits per heavy atom. The first-order valence-corrected chi connectivity index (χ1v) is 11.3. The van der Waals surface area contributed by atoms with Gasteiger partial charge in [0.05, 0.1) is 17.1 Å². The summed E-state index contributed by atoms with van der Waals surface area (Å²) in [7, 11) is 0. The molecule has 1 aliphatic rings. The Morgan fingerprint density at radius 3 is 2.79 bits per heavy atom. The van der Waals surface area contributed by atoms with Crippen LogP contribution in [0.4, 0.5) is 0 Å². The van der Waals surface area contributed by atoms with Gasteiger partial charge in [-0.25, -0.2) is 14.6 Å². The molecule has 4 heterocycles. The number of aliphatic hydroxyl groups is 1. The van der Waals surface area contributed by atoms with E-state index in [2.05, 4.69) is 10.1 Å². The minimum absolute atomic E-state index is 0.209. The van der Waals surface area contributed by atoms with Crippen molar-refractivity contribution in [1.29, 1.82) is 5.26 Å². The van der Waals surface area contributed by atoms with Crippen LogP contribution >= 0.6 is 0 Å². The van der Waals surface area contributed by atoms with Crippen LogP contribution in [-0.4, -0.2) is 46.8 Å². The largest absolute Gasteiger partial charge is 0.389 e. The van der Waals surface area contributed by atoms with Crippen LogP contribution in [0.3, 0.4) is 0 Å². The number of aliphatic hydroxyl groups excluding tert-OH is 1. The van der Waals surface area contributed by atoms with Gasteiger partial charge in [-0.1, -0.05) is 6.07 Å². The first-order valence-electron chi connectivity index (χ1n) is 11.3. The zero-order valence-electron chi connectivity index (χ0n) is 19.1. The van der Waals surface area contributed by atoms with E-state index in [-0.39, 0.29) is 11.6 Å². The van der Waals surface area contributed by atoms with Gasteiger partial charge in [-0.2, -0.15) is 10.4 Å². The van der Waals surface area contributed by atoms with E-state index in [0.29, 0.717) is 30.2 Å². The maximum atomic E-state index is 12.2. The fourth-order valence-corrected chi connectivity index (χ4v) is 4.41. The molecule has 1 fully saturated rings. The third-order valence-corrected chi connectivity index (χ3v) is 6.20. The molecule has 9 nitrogen and oxygen atoms in total. The number of hydrogen-bond acceptors (Lipinski definition) is 6. The summed E-state index contributed by atoms with van der Waals surface area (Å²) in [5, 5.41) is 23.9. The molecule has 9 heteroatoms. The van der Waals surface area contributed by atoms with Crippen molar-refractivity contribution in [2.75, 3.05) is 6.54 Å². The highest BCUT2D eigenvalue weighted by atomic mass is 16.3. The maximum Gasteiger partial charge on any atom is 0.222 e. The molecule has 1 aliphatic heterocycles. The number of aromatic nitrogens is 5. The molecule has 34 heavy (non-hydrogen) atoms. The quantitative estimate of drug-likeness (QED) is 0.494. The molecule has 0 bridgehead atoms. The van der Waals surface area contributed by atoms with Crippen molar-refractivity contribution in [3.05, 3.63) is 65.2 Å². The first-order chi connectivity index (χ1) is 16.4. The molecule has 0 aliphatic carbocycles. The molecule has 1 saturated heterocycles. The molecule has 1 aromatic carbocycles. The molecule has 0 radical (unpaired) electrons. The lowest BCUT2D eigenvalue weighted by Crippen LogP contribution is -2.34. The van der Waals surface area contributed by atoms with Crippen LogP contribution in [0.1, 0.15) is 54.8 Å². The maximum absolute atomic E-state index is 12.2. The van der Waals surface area contributed by atoms with E-state index in [1.807, 2.05) is 52.8 Å². The summed E-state index contributed by atoms with van der Waals surface area (Å²) in [5.74, 6) is 1.29. The van der Waals surface area contributed by atoms with Gasteiger partial charge in [0, 0.05) is 30.8 Å². The van der Waals surface area contributed by atoms with Crippen molar-refractivity contribution >= 4 is 16.9 Å². The Bertz CT molecular complexity index is 1430. The van der Waals surface area contributed by atoms with Gasteiger partial charge in [-0.05, 0) is 62.6 Å². The molecule has 5 rings (SSSR count). The predicted molar refractivity (Wildman–Crippen MR) is 125 cm³/mol. The zero-order chi connectivity index (χ0) is 23.8. The Labute approximate surface area is 196 Å². The number of rotatable bonds is 5. The van der Waals surface area contributed by atoms with E-state index in [1.54, 1.807) is 24.0 Å². The molecule has 3 aromatic heterocycles. The minimum atomic E-state index is -0.759. The molecular formula is C25H25N7O2. The van der Waals surface area contributed by atoms with Crippen LogP contribution in [0.2, 0.25) is 0 Å². The predicted octanol–water partition coefficient (Wildman–Crippen LogP) is 3.35. The second-order valence-electron chi connectivity index (χ2n) is 8.66. The number of amides is 1. The number of pyridine rings is 1. The number of benzene rings is 1. The Balaban J connectivity index is 1.52. The lowest BCUT2D eigenvalue weighted by atomic mass is 10.1. The number of nitriles is 1. The van der Waals surface area contributed by atoms with Crippen LogP contribution in [0.15, 0.2) is 42.7 Å². The van der Waals surface area contributed by atoms with Crippen molar-refractivity contribution in [3.63, 3.8) is 0 Å². The minimum Gasteiger partial charge on any atom is -0.389 e. The molecule has 1 amide bonds. The summed E-state index contributed by atoms with van der Waals surface area (Å²) in [6.45, 7) is 4.90. The highest BCUT2D eigenvalue weighted by Gasteiger charge is 2.20. The summed E-state index contributed by atoms with van der Waals surface area (Å²) >= 11 is 0. The lowest BCUT2D eigenvalue weighted by molar-refractivity contribution is -0.133. The smallest absolute Gasteiger partial charge is 0.222 e. The van der Waals surface area contributed by atoms with Crippen molar-refractivity contribution in [2.24, 2.45) is 0 Å². The van der Waals surface area contributed by atoms with E-state index in [1.165, 1.54) is 0 Å². The SMILES string of the molecule is Cc1cc(C#N)nn1-c1nc(-n2cnc3cc(CN4CCCCC4=O)ccc32)ccc1C(C)O. The standard InChI is InChI=1S/C25H25N7O2/c1-16-11-19(13-26)29-32(16)25-20(17(2)33)7-9-23(28-25)31-15-27-21-12-18(6-8-22(21)31)14-30-10-4-3-5-24(30)34/h6-9,11-12,15,17,33H,3-5,10,14H2,1-2H3. The topological polar surface area (TPSA) is 113 Å². The summed E-state index contributed by atoms with van der Waals surface area (Å²) < 4.78 is 3.46. The molecule has 0 spiro atoms. The van der Waals surface area contributed by atoms with E-state index in [9.17, 15) is 15.2 Å². The number of carbonyl (C=O) groups excluding carboxylic acids is 1. The van der Waals surface area contributed by atoms with Crippen molar-refractivity contribution in [1.82, 2.24) is 29.2 Å². The van der Waals surface area contributed by atoms with Gasteiger partial charge in [0.15, 0.2) is 11.5 Å². The number of likely N-dealkylation sites (tertiary alicyclic amines) is 1. The third-order valence-electron chi connectivity index (χ3n) is 6.20. The summed E-state index contributed by atoms with van der Waals surface area (Å²) in [4.78, 5) is 23.4. The number of carbonyl (C=O) groups is 1. The van der Waals surface area contributed by atoms with E-state index in [0.717, 1.165) is 41.7 Å². The molecule has 4 aromatic rings. The molecule has 1 atom stereocenters. The van der Waals surface area contributed by atoms with Gasteiger partial charge < -0.3 is 10.0 Å². The van der Waals surface area contributed by atoms with Crippen LogP contribution in [0.25, 0.3) is 22.7 Å². The number of hydrogen-bond donors (Lipinski definition) is 1. The molecule has 1 unspecified atom stereocenters. The van der Waals surface area contributed by atoms with Crippen molar-refractivity contribution in [3.8, 4) is 17.7 Å². The Morgan fingerprint density at radius 2 is 2.06 bits per heavy atom. The van der Waals surface area contributed by atoms with Crippen molar-refractivity contribution in [2.45, 2.75) is 45.8 Å². The van der Waals surface area contributed by atoms with Crippen LogP contribution in [0.5, 0.6) is 0 Å². The van der Waals surface area contributed by atoms with Gasteiger partial charge >= 0.3 is 0 Å². The highest BCUT2D eigenvalue weighted by Crippen LogP contribution is 2.25. The number of aryl methyl sites for hydroxylation is 1.